The van der Waals surface area contributed by atoms with Crippen LogP contribution in [0.5, 0.6) is 11.5 Å². The summed E-state index contributed by atoms with van der Waals surface area (Å²) in [7, 11) is 0. The Kier molecular flexibility index (Phi) is 9.14. The number of hydrogen-bond donors (Lipinski definition) is 2. The topological polar surface area (TPSA) is 103 Å². The maximum Gasteiger partial charge on any atom is 0.325 e. The summed E-state index contributed by atoms with van der Waals surface area (Å²) < 4.78 is 15.8. The highest BCUT2D eigenvalue weighted by Gasteiger charge is 2.14. The summed E-state index contributed by atoms with van der Waals surface area (Å²) in [5, 5.41) is 5.58. The third-order valence-corrected chi connectivity index (χ3v) is 4.51. The van der Waals surface area contributed by atoms with Gasteiger partial charge in [0.25, 0.3) is 11.8 Å². The molecule has 0 heterocycles. The van der Waals surface area contributed by atoms with E-state index in [-0.39, 0.29) is 6.54 Å². The van der Waals surface area contributed by atoms with Crippen LogP contribution in [0, 0.1) is 6.92 Å². The molecule has 2 aromatic rings. The van der Waals surface area contributed by atoms with Crippen molar-refractivity contribution in [3.63, 3.8) is 0 Å². The first-order valence-corrected chi connectivity index (χ1v) is 10.1. The number of halogens is 1. The Bertz CT molecular complexity index is 948. The zero-order valence-electron chi connectivity index (χ0n) is 17.6. The van der Waals surface area contributed by atoms with Crippen molar-refractivity contribution in [2.24, 2.45) is 0 Å². The molecule has 2 aromatic carbocycles. The fourth-order valence-electron chi connectivity index (χ4n) is 2.57. The minimum absolute atomic E-state index is 0.300. The molecule has 0 saturated heterocycles. The molecule has 0 radical (unpaired) electrons. The maximum atomic E-state index is 12.3. The van der Waals surface area contributed by atoms with E-state index in [1.807, 2.05) is 13.8 Å². The van der Waals surface area contributed by atoms with E-state index in [0.717, 1.165) is 0 Å². The van der Waals surface area contributed by atoms with Crippen LogP contribution < -0.4 is 20.1 Å². The first kappa shape index (κ1) is 24.0. The summed E-state index contributed by atoms with van der Waals surface area (Å²) in [6, 6.07) is 9.82. The van der Waals surface area contributed by atoms with Crippen LogP contribution in [-0.2, 0) is 14.3 Å². The number of anilines is 1. The van der Waals surface area contributed by atoms with Gasteiger partial charge in [-0.1, -0.05) is 17.7 Å². The van der Waals surface area contributed by atoms with E-state index in [0.29, 0.717) is 46.5 Å². The van der Waals surface area contributed by atoms with Crippen molar-refractivity contribution >= 4 is 35.1 Å². The van der Waals surface area contributed by atoms with Gasteiger partial charge in [-0.25, -0.2) is 0 Å². The molecular formula is C22H25ClN2O6. The minimum atomic E-state index is -0.748. The predicted octanol–water partition coefficient (Wildman–Crippen LogP) is 3.36. The SMILES string of the molecule is CCOc1ccc(C(=O)NCC(=O)OCC(=O)Nc2cccc(Cl)c2C)cc1OCC. The second kappa shape index (κ2) is 11.8. The molecule has 0 aromatic heterocycles. The van der Waals surface area contributed by atoms with Gasteiger partial charge in [0.1, 0.15) is 6.54 Å². The van der Waals surface area contributed by atoms with Crippen molar-refractivity contribution in [1.82, 2.24) is 5.32 Å². The van der Waals surface area contributed by atoms with E-state index >= 15 is 0 Å². The number of carbonyl (C=O) groups excluding carboxylic acids is 3. The Labute approximate surface area is 185 Å². The molecular weight excluding hydrogens is 424 g/mol. The minimum Gasteiger partial charge on any atom is -0.490 e. The largest absolute Gasteiger partial charge is 0.490 e. The Balaban J connectivity index is 1.84. The molecule has 0 aliphatic rings. The number of amides is 2. The molecule has 2 N–H and O–H groups in total. The Hall–Kier alpha value is -3.26. The number of hydrogen-bond acceptors (Lipinski definition) is 6. The first-order chi connectivity index (χ1) is 14.8. The molecule has 2 amide bonds. The van der Waals surface area contributed by atoms with Crippen molar-refractivity contribution in [3.8, 4) is 11.5 Å². The highest BCUT2D eigenvalue weighted by Crippen LogP contribution is 2.28. The number of esters is 1. The van der Waals surface area contributed by atoms with E-state index in [1.165, 1.54) is 6.07 Å². The van der Waals surface area contributed by atoms with Crippen LogP contribution in [0.25, 0.3) is 0 Å². The third-order valence-electron chi connectivity index (χ3n) is 4.10. The van der Waals surface area contributed by atoms with Gasteiger partial charge >= 0.3 is 5.97 Å². The number of carbonyl (C=O) groups is 3. The zero-order chi connectivity index (χ0) is 22.8. The maximum absolute atomic E-state index is 12.3. The van der Waals surface area contributed by atoms with Crippen molar-refractivity contribution in [1.29, 1.82) is 0 Å². The average Bonchev–Trinajstić information content (AvgIpc) is 2.75. The zero-order valence-corrected chi connectivity index (χ0v) is 18.4. The van der Waals surface area contributed by atoms with Crippen LogP contribution in [0.1, 0.15) is 29.8 Å². The summed E-state index contributed by atoms with van der Waals surface area (Å²) >= 11 is 6.01. The van der Waals surface area contributed by atoms with Gasteiger partial charge < -0.3 is 24.8 Å². The molecule has 8 nitrogen and oxygen atoms in total. The van der Waals surface area contributed by atoms with Crippen molar-refractivity contribution in [3.05, 3.63) is 52.5 Å². The normalized spacial score (nSPS) is 10.2. The summed E-state index contributed by atoms with van der Waals surface area (Å²) in [5.74, 6) is -0.783. The molecule has 0 spiro atoms. The van der Waals surface area contributed by atoms with E-state index in [4.69, 9.17) is 25.8 Å². The van der Waals surface area contributed by atoms with E-state index in [9.17, 15) is 14.4 Å². The molecule has 0 bridgehead atoms. The molecule has 166 valence electrons. The number of nitrogens with one attached hydrogen (secondary N) is 2. The molecule has 0 aliphatic carbocycles. The molecule has 0 fully saturated rings. The fraction of sp³-hybridized carbons (Fsp3) is 0.318. The molecule has 0 unspecified atom stereocenters. The van der Waals surface area contributed by atoms with Gasteiger partial charge in [0.2, 0.25) is 0 Å². The predicted molar refractivity (Wildman–Crippen MR) is 117 cm³/mol. The number of ether oxygens (including phenoxy) is 3. The van der Waals surface area contributed by atoms with E-state index in [2.05, 4.69) is 10.6 Å². The summed E-state index contributed by atoms with van der Waals surface area (Å²) in [6.07, 6.45) is 0. The van der Waals surface area contributed by atoms with Crippen molar-refractivity contribution in [2.45, 2.75) is 20.8 Å². The van der Waals surface area contributed by atoms with E-state index < -0.39 is 24.4 Å². The summed E-state index contributed by atoms with van der Waals surface area (Å²) in [5.41, 5.74) is 1.54. The second-order valence-corrected chi connectivity index (χ2v) is 6.74. The van der Waals surface area contributed by atoms with Crippen LogP contribution in [-0.4, -0.2) is 44.1 Å². The summed E-state index contributed by atoms with van der Waals surface area (Å²) in [4.78, 5) is 36.2. The lowest BCUT2D eigenvalue weighted by Crippen LogP contribution is -2.32. The monoisotopic (exact) mass is 448 g/mol. The third kappa shape index (κ3) is 7.18. The van der Waals surface area contributed by atoms with E-state index in [1.54, 1.807) is 37.3 Å². The lowest BCUT2D eigenvalue weighted by Gasteiger charge is -2.12. The Morgan fingerprint density at radius 1 is 1.00 bits per heavy atom. The molecule has 9 heteroatoms. The molecule has 31 heavy (non-hydrogen) atoms. The second-order valence-electron chi connectivity index (χ2n) is 6.33. The van der Waals surface area contributed by atoms with Crippen LogP contribution in [0.15, 0.2) is 36.4 Å². The highest BCUT2D eigenvalue weighted by molar-refractivity contribution is 6.31. The molecule has 0 atom stereocenters. The quantitative estimate of drug-likeness (QED) is 0.540. The van der Waals surface area contributed by atoms with Crippen LogP contribution in [0.2, 0.25) is 5.02 Å². The Morgan fingerprint density at radius 3 is 2.42 bits per heavy atom. The molecule has 2 rings (SSSR count). The Morgan fingerprint density at radius 2 is 1.71 bits per heavy atom. The van der Waals surface area contributed by atoms with Gasteiger partial charge in [0.15, 0.2) is 18.1 Å². The number of benzene rings is 2. The van der Waals surface area contributed by atoms with Gasteiger partial charge in [-0.2, -0.15) is 0 Å². The van der Waals surface area contributed by atoms with Gasteiger partial charge in [0.05, 0.1) is 13.2 Å². The van der Waals surface area contributed by atoms with Gasteiger partial charge in [-0.3, -0.25) is 14.4 Å². The van der Waals surface area contributed by atoms with Crippen LogP contribution in [0.4, 0.5) is 5.69 Å². The average molecular weight is 449 g/mol. The smallest absolute Gasteiger partial charge is 0.325 e. The molecule has 0 aliphatic heterocycles. The fourth-order valence-corrected chi connectivity index (χ4v) is 2.75. The van der Waals surface area contributed by atoms with Crippen LogP contribution in [0.3, 0.4) is 0 Å². The lowest BCUT2D eigenvalue weighted by atomic mass is 10.2. The highest BCUT2D eigenvalue weighted by atomic mass is 35.5. The lowest BCUT2D eigenvalue weighted by molar-refractivity contribution is -0.146. The standard InChI is InChI=1S/C22H25ClN2O6/c1-4-29-18-10-9-15(11-19(18)30-5-2)22(28)24-12-21(27)31-13-20(26)25-17-8-6-7-16(23)14(17)3/h6-11H,4-5,12-13H2,1-3H3,(H,24,28)(H,25,26). The van der Waals surface area contributed by atoms with Crippen LogP contribution >= 0.6 is 11.6 Å². The van der Waals surface area contributed by atoms with Gasteiger partial charge in [-0.15, -0.1) is 0 Å². The summed E-state index contributed by atoms with van der Waals surface area (Å²) in [6.45, 7) is 5.42. The molecule has 0 saturated carbocycles. The van der Waals surface area contributed by atoms with Gasteiger partial charge in [-0.05, 0) is 56.7 Å². The first-order valence-electron chi connectivity index (χ1n) is 9.74. The van der Waals surface area contributed by atoms with Gasteiger partial charge in [0, 0.05) is 16.3 Å². The van der Waals surface area contributed by atoms with Crippen molar-refractivity contribution < 1.29 is 28.6 Å². The number of rotatable bonds is 10. The van der Waals surface area contributed by atoms with Crippen molar-refractivity contribution in [2.75, 3.05) is 31.7 Å².